The molecule has 134 valence electrons. The Morgan fingerprint density at radius 2 is 1.88 bits per heavy atom. The number of anilines is 1. The zero-order valence-electron chi connectivity index (χ0n) is 15.0. The molecule has 0 aliphatic rings. The maximum Gasteiger partial charge on any atom is 0.271 e. The number of rotatable bonds is 8. The molecule has 1 amide bonds. The maximum atomic E-state index is 11.9. The highest BCUT2D eigenvalue weighted by atomic mass is 16.5. The minimum absolute atomic E-state index is 0.215. The second-order valence-corrected chi connectivity index (χ2v) is 5.93. The monoisotopic (exact) mass is 344 g/mol. The lowest BCUT2D eigenvalue weighted by Crippen LogP contribution is -2.28. The van der Waals surface area contributed by atoms with Crippen LogP contribution in [0.2, 0.25) is 0 Å². The molecule has 25 heavy (non-hydrogen) atoms. The van der Waals surface area contributed by atoms with Gasteiger partial charge in [-0.05, 0) is 23.6 Å². The molecule has 2 rings (SSSR count). The minimum atomic E-state index is -0.215. The van der Waals surface area contributed by atoms with Gasteiger partial charge in [-0.3, -0.25) is 4.79 Å². The van der Waals surface area contributed by atoms with E-state index in [2.05, 4.69) is 20.6 Å². The van der Waals surface area contributed by atoms with Gasteiger partial charge in [-0.1, -0.05) is 19.9 Å². The summed E-state index contributed by atoms with van der Waals surface area (Å²) in [5.41, 5.74) is 1.32. The number of methoxy groups -OCH3 is 2. The number of carbonyl (C=O) groups excluding carboxylic acids is 1. The number of carbonyl (C=O) groups is 1. The first-order valence-electron chi connectivity index (χ1n) is 8.08. The molecule has 0 saturated carbocycles. The summed E-state index contributed by atoms with van der Waals surface area (Å²) in [6, 6.07) is 5.69. The van der Waals surface area contributed by atoms with E-state index in [0.717, 1.165) is 5.56 Å². The summed E-state index contributed by atoms with van der Waals surface area (Å²) < 4.78 is 10.5. The van der Waals surface area contributed by atoms with Crippen LogP contribution in [-0.4, -0.2) is 36.6 Å². The first-order chi connectivity index (χ1) is 12.0. The molecular formula is C18H24N4O3. The van der Waals surface area contributed by atoms with Crippen LogP contribution in [0.1, 0.15) is 29.9 Å². The van der Waals surface area contributed by atoms with Crippen molar-refractivity contribution >= 4 is 11.7 Å². The fourth-order valence-electron chi connectivity index (χ4n) is 2.11. The van der Waals surface area contributed by atoms with Crippen LogP contribution < -0.4 is 20.1 Å². The number of ether oxygens (including phenoxy) is 2. The van der Waals surface area contributed by atoms with Crippen LogP contribution in [0.15, 0.2) is 30.6 Å². The van der Waals surface area contributed by atoms with Crippen molar-refractivity contribution in [3.05, 3.63) is 41.9 Å². The van der Waals surface area contributed by atoms with E-state index in [1.54, 1.807) is 20.4 Å². The van der Waals surface area contributed by atoms with Gasteiger partial charge in [-0.25, -0.2) is 9.97 Å². The fraction of sp³-hybridized carbons (Fsp3) is 0.389. The van der Waals surface area contributed by atoms with Gasteiger partial charge in [0.25, 0.3) is 5.91 Å². The van der Waals surface area contributed by atoms with Gasteiger partial charge < -0.3 is 20.1 Å². The quantitative estimate of drug-likeness (QED) is 0.765. The predicted molar refractivity (Wildman–Crippen MR) is 96.1 cm³/mol. The van der Waals surface area contributed by atoms with Crippen molar-refractivity contribution in [2.75, 3.05) is 26.1 Å². The van der Waals surface area contributed by atoms with Crippen LogP contribution in [0, 0.1) is 5.92 Å². The summed E-state index contributed by atoms with van der Waals surface area (Å²) >= 11 is 0. The Hall–Kier alpha value is -2.83. The highest BCUT2D eigenvalue weighted by molar-refractivity contribution is 5.91. The van der Waals surface area contributed by atoms with E-state index in [1.165, 1.54) is 6.20 Å². The molecule has 0 saturated heterocycles. The van der Waals surface area contributed by atoms with Gasteiger partial charge in [0.15, 0.2) is 11.5 Å². The standard InChI is InChI=1S/C18H24N4O3/c1-12(2)8-22-18(23)14-10-21-17(11-19-14)20-9-13-5-6-15(24-3)16(7-13)25-4/h5-7,10-12H,8-9H2,1-4H3,(H,20,21)(H,22,23). The summed E-state index contributed by atoms with van der Waals surface area (Å²) in [4.78, 5) is 20.3. The van der Waals surface area contributed by atoms with E-state index in [-0.39, 0.29) is 5.91 Å². The van der Waals surface area contributed by atoms with E-state index in [1.807, 2.05) is 32.0 Å². The van der Waals surface area contributed by atoms with Gasteiger partial charge in [0.05, 0.1) is 26.6 Å². The zero-order valence-corrected chi connectivity index (χ0v) is 15.0. The average Bonchev–Trinajstić information content (AvgIpc) is 2.64. The SMILES string of the molecule is COc1ccc(CNc2cnc(C(=O)NCC(C)C)cn2)cc1OC. The molecule has 7 nitrogen and oxygen atoms in total. The Bertz CT molecular complexity index is 702. The van der Waals surface area contributed by atoms with E-state index in [0.29, 0.717) is 42.0 Å². The molecule has 1 heterocycles. The van der Waals surface area contributed by atoms with E-state index in [4.69, 9.17) is 9.47 Å². The lowest BCUT2D eigenvalue weighted by Gasteiger charge is -2.11. The molecule has 0 unspecified atom stereocenters. The lowest BCUT2D eigenvalue weighted by molar-refractivity contribution is 0.0943. The summed E-state index contributed by atoms with van der Waals surface area (Å²) in [6.07, 6.45) is 3.01. The third kappa shape index (κ3) is 5.34. The molecule has 1 aromatic carbocycles. The summed E-state index contributed by atoms with van der Waals surface area (Å²) in [5, 5.41) is 5.98. The minimum Gasteiger partial charge on any atom is -0.493 e. The van der Waals surface area contributed by atoms with Crippen molar-refractivity contribution in [3.8, 4) is 11.5 Å². The highest BCUT2D eigenvalue weighted by Gasteiger charge is 2.09. The number of nitrogens with zero attached hydrogens (tertiary/aromatic N) is 2. The zero-order chi connectivity index (χ0) is 18.2. The van der Waals surface area contributed by atoms with Crippen LogP contribution in [0.5, 0.6) is 11.5 Å². The molecule has 0 spiro atoms. The molecule has 2 N–H and O–H groups in total. The third-order valence-electron chi connectivity index (χ3n) is 3.48. The number of hydrogen-bond acceptors (Lipinski definition) is 6. The summed E-state index contributed by atoms with van der Waals surface area (Å²) in [7, 11) is 3.20. The van der Waals surface area contributed by atoms with E-state index < -0.39 is 0 Å². The van der Waals surface area contributed by atoms with E-state index >= 15 is 0 Å². The number of amides is 1. The Labute approximate surface area is 147 Å². The van der Waals surface area contributed by atoms with Gasteiger partial charge in [-0.15, -0.1) is 0 Å². The normalized spacial score (nSPS) is 10.4. The predicted octanol–water partition coefficient (Wildman–Crippen LogP) is 2.49. The van der Waals surface area contributed by atoms with Crippen LogP contribution in [0.25, 0.3) is 0 Å². The van der Waals surface area contributed by atoms with Gasteiger partial charge in [0.1, 0.15) is 11.5 Å². The van der Waals surface area contributed by atoms with Gasteiger partial charge in [-0.2, -0.15) is 0 Å². The third-order valence-corrected chi connectivity index (χ3v) is 3.48. The number of hydrogen-bond donors (Lipinski definition) is 2. The van der Waals surface area contributed by atoms with Gasteiger partial charge in [0.2, 0.25) is 0 Å². The van der Waals surface area contributed by atoms with Gasteiger partial charge in [0, 0.05) is 13.1 Å². The topological polar surface area (TPSA) is 85.4 Å². The Morgan fingerprint density at radius 1 is 1.12 bits per heavy atom. The highest BCUT2D eigenvalue weighted by Crippen LogP contribution is 2.27. The first-order valence-corrected chi connectivity index (χ1v) is 8.08. The molecular weight excluding hydrogens is 320 g/mol. The second-order valence-electron chi connectivity index (χ2n) is 5.93. The van der Waals surface area contributed by atoms with E-state index in [9.17, 15) is 4.79 Å². The molecule has 0 aliphatic carbocycles. The van der Waals surface area contributed by atoms with Crippen molar-refractivity contribution < 1.29 is 14.3 Å². The molecule has 7 heteroatoms. The molecule has 2 aromatic rings. The van der Waals surface area contributed by atoms with Crippen molar-refractivity contribution in [3.63, 3.8) is 0 Å². The molecule has 0 bridgehead atoms. The fourth-order valence-corrected chi connectivity index (χ4v) is 2.11. The smallest absolute Gasteiger partial charge is 0.271 e. The van der Waals surface area contributed by atoms with Crippen molar-refractivity contribution in [2.24, 2.45) is 5.92 Å². The lowest BCUT2D eigenvalue weighted by atomic mass is 10.2. The van der Waals surface area contributed by atoms with Crippen LogP contribution in [0.4, 0.5) is 5.82 Å². The Balaban J connectivity index is 1.94. The summed E-state index contributed by atoms with van der Waals surface area (Å²) in [6.45, 7) is 5.23. The molecule has 0 radical (unpaired) electrons. The first kappa shape index (κ1) is 18.5. The molecule has 0 aliphatic heterocycles. The Kier molecular flexibility index (Phi) is 6.56. The van der Waals surface area contributed by atoms with Crippen molar-refractivity contribution in [1.29, 1.82) is 0 Å². The molecule has 1 aromatic heterocycles. The number of benzene rings is 1. The number of nitrogens with one attached hydrogen (secondary N) is 2. The Morgan fingerprint density at radius 3 is 2.48 bits per heavy atom. The van der Waals surface area contributed by atoms with Crippen LogP contribution in [-0.2, 0) is 6.54 Å². The van der Waals surface area contributed by atoms with Crippen molar-refractivity contribution in [1.82, 2.24) is 15.3 Å². The largest absolute Gasteiger partial charge is 0.493 e. The molecule has 0 atom stereocenters. The summed E-state index contributed by atoms with van der Waals surface area (Å²) in [5.74, 6) is 2.12. The maximum absolute atomic E-state index is 11.9. The van der Waals surface area contributed by atoms with Gasteiger partial charge >= 0.3 is 0 Å². The second kappa shape index (κ2) is 8.86. The van der Waals surface area contributed by atoms with Crippen LogP contribution in [0.3, 0.4) is 0 Å². The average molecular weight is 344 g/mol. The van der Waals surface area contributed by atoms with Crippen LogP contribution >= 0.6 is 0 Å². The number of aromatic nitrogens is 2. The van der Waals surface area contributed by atoms with Crippen molar-refractivity contribution in [2.45, 2.75) is 20.4 Å². The molecule has 0 fully saturated rings.